The zero-order valence-electron chi connectivity index (χ0n) is 16.9. The Morgan fingerprint density at radius 2 is 1.76 bits per heavy atom. The van der Waals surface area contributed by atoms with Crippen molar-refractivity contribution in [1.82, 2.24) is 19.7 Å². The van der Waals surface area contributed by atoms with Gasteiger partial charge in [0.25, 0.3) is 0 Å². The second-order valence-corrected chi connectivity index (χ2v) is 7.19. The Morgan fingerprint density at radius 3 is 2.41 bits per heavy atom. The first kappa shape index (κ1) is 20.7. The number of pyridine rings is 1. The van der Waals surface area contributed by atoms with E-state index in [1.165, 1.54) is 12.5 Å². The van der Waals surface area contributed by atoms with Crippen molar-refractivity contribution >= 4 is 17.9 Å². The van der Waals surface area contributed by atoms with E-state index in [9.17, 15) is 9.59 Å². The molecule has 6 nitrogen and oxygen atoms in total. The van der Waals surface area contributed by atoms with Gasteiger partial charge in [0.05, 0.1) is 12.2 Å². The van der Waals surface area contributed by atoms with E-state index >= 15 is 0 Å². The topological polar surface area (TPSA) is 56.8 Å². The number of carbonyl (C=O) groups excluding carboxylic acids is 2. The highest BCUT2D eigenvalue weighted by atomic mass is 16.2. The van der Waals surface area contributed by atoms with Crippen molar-refractivity contribution in [3.8, 4) is 0 Å². The SMILES string of the molecule is CC(=O)N(CC(=O)N1CCN(C/C=C/c2ccccc2)CC1)Cc1ccccn1. The molecule has 1 aromatic carbocycles. The van der Waals surface area contributed by atoms with Crippen molar-refractivity contribution in [2.45, 2.75) is 13.5 Å². The van der Waals surface area contributed by atoms with Gasteiger partial charge >= 0.3 is 0 Å². The van der Waals surface area contributed by atoms with Crippen LogP contribution in [0.2, 0.25) is 0 Å². The van der Waals surface area contributed by atoms with Crippen molar-refractivity contribution in [3.05, 3.63) is 72.1 Å². The van der Waals surface area contributed by atoms with E-state index in [4.69, 9.17) is 0 Å². The predicted octanol–water partition coefficient (Wildman–Crippen LogP) is 2.29. The molecule has 0 N–H and O–H groups in total. The fraction of sp³-hybridized carbons (Fsp3) is 0.348. The van der Waals surface area contributed by atoms with Crippen molar-refractivity contribution in [1.29, 1.82) is 0 Å². The summed E-state index contributed by atoms with van der Waals surface area (Å²) in [5, 5.41) is 0. The molecule has 152 valence electrons. The van der Waals surface area contributed by atoms with Crippen LogP contribution in [0.25, 0.3) is 6.08 Å². The number of carbonyl (C=O) groups is 2. The third kappa shape index (κ3) is 6.54. The third-order valence-electron chi connectivity index (χ3n) is 5.05. The Morgan fingerprint density at radius 1 is 1.03 bits per heavy atom. The maximum Gasteiger partial charge on any atom is 0.242 e. The van der Waals surface area contributed by atoms with Gasteiger partial charge in [-0.25, -0.2) is 0 Å². The highest BCUT2D eigenvalue weighted by molar-refractivity contribution is 5.83. The Kier molecular flexibility index (Phi) is 7.53. The second-order valence-electron chi connectivity index (χ2n) is 7.19. The number of nitrogens with zero attached hydrogens (tertiary/aromatic N) is 4. The third-order valence-corrected chi connectivity index (χ3v) is 5.05. The molecule has 2 aromatic rings. The smallest absolute Gasteiger partial charge is 0.242 e. The molecule has 0 spiro atoms. The minimum atomic E-state index is -0.117. The molecular weight excluding hydrogens is 364 g/mol. The standard InChI is InChI=1S/C23H28N4O2/c1-20(28)27(18-22-11-5-6-12-24-22)19-23(29)26-16-14-25(15-17-26)13-7-10-21-8-3-2-4-9-21/h2-12H,13-19H2,1H3/b10-7+. The van der Waals surface area contributed by atoms with Gasteiger partial charge < -0.3 is 9.80 Å². The lowest BCUT2D eigenvalue weighted by Crippen LogP contribution is -2.51. The summed E-state index contributed by atoms with van der Waals surface area (Å²) in [6.45, 7) is 5.87. The van der Waals surface area contributed by atoms with Crippen molar-refractivity contribution in [2.75, 3.05) is 39.3 Å². The highest BCUT2D eigenvalue weighted by Gasteiger charge is 2.23. The lowest BCUT2D eigenvalue weighted by atomic mass is 10.2. The van der Waals surface area contributed by atoms with E-state index in [1.807, 2.05) is 41.3 Å². The van der Waals surface area contributed by atoms with Gasteiger partial charge in [-0.2, -0.15) is 0 Å². The van der Waals surface area contributed by atoms with Crippen LogP contribution in [-0.4, -0.2) is 70.8 Å². The number of rotatable bonds is 7. The minimum absolute atomic E-state index is 0.00407. The summed E-state index contributed by atoms with van der Waals surface area (Å²) >= 11 is 0. The van der Waals surface area contributed by atoms with Crippen LogP contribution in [0.5, 0.6) is 0 Å². The lowest BCUT2D eigenvalue weighted by Gasteiger charge is -2.35. The maximum absolute atomic E-state index is 12.7. The van der Waals surface area contributed by atoms with Gasteiger partial charge in [-0.1, -0.05) is 48.6 Å². The molecule has 6 heteroatoms. The molecule has 0 bridgehead atoms. The molecule has 1 aromatic heterocycles. The quantitative estimate of drug-likeness (QED) is 0.726. The van der Waals surface area contributed by atoms with Gasteiger partial charge in [0.15, 0.2) is 0 Å². The van der Waals surface area contributed by atoms with E-state index in [1.54, 1.807) is 11.1 Å². The maximum atomic E-state index is 12.7. The van der Waals surface area contributed by atoms with Crippen molar-refractivity contribution in [3.63, 3.8) is 0 Å². The van der Waals surface area contributed by atoms with Gasteiger partial charge in [0.2, 0.25) is 11.8 Å². The number of piperazine rings is 1. The summed E-state index contributed by atoms with van der Waals surface area (Å²) in [7, 11) is 0. The zero-order chi connectivity index (χ0) is 20.5. The van der Waals surface area contributed by atoms with Crippen LogP contribution in [0.3, 0.4) is 0 Å². The molecule has 0 aliphatic carbocycles. The summed E-state index contributed by atoms with van der Waals surface area (Å²) in [5.41, 5.74) is 1.98. The van der Waals surface area contributed by atoms with Crippen LogP contribution in [-0.2, 0) is 16.1 Å². The van der Waals surface area contributed by atoms with Crippen LogP contribution in [0.4, 0.5) is 0 Å². The fourth-order valence-electron chi connectivity index (χ4n) is 3.31. The Labute approximate surface area is 172 Å². The predicted molar refractivity (Wildman–Crippen MR) is 114 cm³/mol. The molecule has 29 heavy (non-hydrogen) atoms. The Hall–Kier alpha value is -2.99. The monoisotopic (exact) mass is 392 g/mol. The molecule has 1 saturated heterocycles. The first-order valence-corrected chi connectivity index (χ1v) is 9.99. The molecule has 0 radical (unpaired) electrons. The Balaban J connectivity index is 1.45. The van der Waals surface area contributed by atoms with Crippen LogP contribution in [0.15, 0.2) is 60.8 Å². The van der Waals surface area contributed by atoms with Gasteiger partial charge in [-0.05, 0) is 17.7 Å². The Bertz CT molecular complexity index is 815. The first-order valence-electron chi connectivity index (χ1n) is 9.99. The summed E-state index contributed by atoms with van der Waals surface area (Å²) < 4.78 is 0. The molecule has 1 aliphatic heterocycles. The average molecular weight is 393 g/mol. The fourth-order valence-corrected chi connectivity index (χ4v) is 3.31. The highest BCUT2D eigenvalue weighted by Crippen LogP contribution is 2.07. The largest absolute Gasteiger partial charge is 0.339 e. The van der Waals surface area contributed by atoms with E-state index in [0.29, 0.717) is 19.6 Å². The van der Waals surface area contributed by atoms with Crippen molar-refractivity contribution < 1.29 is 9.59 Å². The van der Waals surface area contributed by atoms with E-state index in [0.717, 1.165) is 25.3 Å². The van der Waals surface area contributed by atoms with E-state index in [-0.39, 0.29) is 18.4 Å². The molecule has 0 atom stereocenters. The second kappa shape index (κ2) is 10.5. The summed E-state index contributed by atoms with van der Waals surface area (Å²) in [6, 6.07) is 15.8. The van der Waals surface area contributed by atoms with Crippen LogP contribution < -0.4 is 0 Å². The van der Waals surface area contributed by atoms with Gasteiger partial charge in [0, 0.05) is 45.8 Å². The van der Waals surface area contributed by atoms with E-state index in [2.05, 4.69) is 34.2 Å². The average Bonchev–Trinajstić information content (AvgIpc) is 2.75. The van der Waals surface area contributed by atoms with Gasteiger partial charge in [-0.15, -0.1) is 0 Å². The van der Waals surface area contributed by atoms with Gasteiger partial charge in [-0.3, -0.25) is 19.5 Å². The molecule has 3 rings (SSSR count). The molecule has 1 fully saturated rings. The van der Waals surface area contributed by atoms with E-state index < -0.39 is 0 Å². The number of benzene rings is 1. The molecule has 2 amide bonds. The number of hydrogen-bond donors (Lipinski definition) is 0. The van der Waals surface area contributed by atoms with Crippen LogP contribution in [0, 0.1) is 0 Å². The van der Waals surface area contributed by atoms with Gasteiger partial charge in [0.1, 0.15) is 6.54 Å². The molecule has 0 saturated carbocycles. The molecule has 1 aliphatic rings. The van der Waals surface area contributed by atoms with Crippen molar-refractivity contribution in [2.24, 2.45) is 0 Å². The summed E-state index contributed by atoms with van der Waals surface area (Å²) in [5.74, 6) is -0.121. The van der Waals surface area contributed by atoms with Crippen LogP contribution in [0.1, 0.15) is 18.2 Å². The van der Waals surface area contributed by atoms with Crippen LogP contribution >= 0.6 is 0 Å². The number of aromatic nitrogens is 1. The number of amides is 2. The summed E-state index contributed by atoms with van der Waals surface area (Å²) in [6.07, 6.45) is 5.98. The molecular formula is C23H28N4O2. The lowest BCUT2D eigenvalue weighted by molar-refractivity contribution is -0.141. The number of hydrogen-bond acceptors (Lipinski definition) is 4. The summed E-state index contributed by atoms with van der Waals surface area (Å²) in [4.78, 5) is 34.6. The minimum Gasteiger partial charge on any atom is -0.339 e. The first-order chi connectivity index (χ1) is 14.1. The molecule has 0 unspecified atom stereocenters. The zero-order valence-corrected chi connectivity index (χ0v) is 16.9. The normalized spacial score (nSPS) is 14.9. The molecule has 2 heterocycles.